The van der Waals surface area contributed by atoms with Crippen LogP contribution in [0.15, 0.2) is 0 Å². The van der Waals surface area contributed by atoms with Crippen LogP contribution < -0.4 is 0 Å². The summed E-state index contributed by atoms with van der Waals surface area (Å²) in [7, 11) is -9.92. The Hall–Kier alpha value is -1.94. The fourth-order valence-electron chi connectivity index (χ4n) is 12.5. The summed E-state index contributed by atoms with van der Waals surface area (Å²) in [5, 5.41) is 10.6. The van der Waals surface area contributed by atoms with Crippen molar-refractivity contribution in [3.63, 3.8) is 0 Å². The van der Waals surface area contributed by atoms with Gasteiger partial charge in [0.15, 0.2) is 12.2 Å². The molecule has 0 saturated carbocycles. The first-order chi connectivity index (χ1) is 48.4. The predicted octanol–water partition coefficient (Wildman–Crippen LogP) is 24.3. The normalized spacial score (nSPS) is 14.2. The maximum absolute atomic E-state index is 13.1. The molecule has 3 unspecified atom stereocenters. The molecule has 0 rings (SSSR count). The smallest absolute Gasteiger partial charge is 0.462 e. The number of esters is 4. The minimum Gasteiger partial charge on any atom is -0.462 e. The van der Waals surface area contributed by atoms with E-state index in [2.05, 4.69) is 41.5 Å². The molecular formula is C81H158O17P2. The van der Waals surface area contributed by atoms with Crippen LogP contribution in [0, 0.1) is 11.8 Å². The molecule has 0 bridgehead atoms. The molecule has 0 aromatic heterocycles. The second kappa shape index (κ2) is 72.6. The highest BCUT2D eigenvalue weighted by Crippen LogP contribution is 2.45. The number of phosphoric acid groups is 2. The van der Waals surface area contributed by atoms with Crippen molar-refractivity contribution in [3.05, 3.63) is 0 Å². The quantitative estimate of drug-likeness (QED) is 0.0222. The first-order valence-electron chi connectivity index (χ1n) is 42.0. The van der Waals surface area contributed by atoms with Gasteiger partial charge < -0.3 is 33.8 Å². The van der Waals surface area contributed by atoms with Crippen molar-refractivity contribution in [2.45, 2.75) is 445 Å². The van der Waals surface area contributed by atoms with Gasteiger partial charge in [-0.05, 0) is 37.5 Å². The number of rotatable bonds is 80. The van der Waals surface area contributed by atoms with Gasteiger partial charge >= 0.3 is 39.5 Å². The highest BCUT2D eigenvalue weighted by Gasteiger charge is 2.30. The van der Waals surface area contributed by atoms with Gasteiger partial charge in [-0.25, -0.2) is 9.13 Å². The molecule has 3 N–H and O–H groups in total. The largest absolute Gasteiger partial charge is 0.472 e. The second-order valence-corrected chi connectivity index (χ2v) is 32.8. The number of aliphatic hydroxyl groups excluding tert-OH is 1. The summed E-state index contributed by atoms with van der Waals surface area (Å²) in [5.41, 5.74) is 0. The van der Waals surface area contributed by atoms with Crippen LogP contribution in [0.3, 0.4) is 0 Å². The van der Waals surface area contributed by atoms with E-state index in [1.807, 2.05) is 0 Å². The molecule has 0 saturated heterocycles. The number of phosphoric ester groups is 2. The summed E-state index contributed by atoms with van der Waals surface area (Å²) in [4.78, 5) is 73.0. The van der Waals surface area contributed by atoms with E-state index in [4.69, 9.17) is 37.0 Å². The van der Waals surface area contributed by atoms with Crippen molar-refractivity contribution in [1.29, 1.82) is 0 Å². The molecule has 19 heteroatoms. The molecule has 0 fully saturated rings. The van der Waals surface area contributed by atoms with Crippen LogP contribution in [-0.2, 0) is 65.4 Å². The van der Waals surface area contributed by atoms with Crippen LogP contribution in [0.2, 0.25) is 0 Å². The highest BCUT2D eigenvalue weighted by molar-refractivity contribution is 7.47. The molecule has 0 heterocycles. The first kappa shape index (κ1) is 98.1. The average molecular weight is 1470 g/mol. The summed E-state index contributed by atoms with van der Waals surface area (Å²) in [5.74, 6) is -0.614. The highest BCUT2D eigenvalue weighted by atomic mass is 31.2. The number of aliphatic hydroxyl groups is 1. The third kappa shape index (κ3) is 73.0. The summed E-state index contributed by atoms with van der Waals surface area (Å²) >= 11 is 0. The Morgan fingerprint density at radius 1 is 0.290 bits per heavy atom. The topological polar surface area (TPSA) is 237 Å². The van der Waals surface area contributed by atoms with Crippen LogP contribution >= 0.6 is 15.6 Å². The molecular weight excluding hydrogens is 1310 g/mol. The standard InChI is InChI=1S/C81H158O17P2/c1-7-10-12-14-16-18-20-22-24-25-26-27-28-29-31-33-37-41-45-53-59-65-80(85)97-76(69-91-78(83)63-57-51-44-40-36-32-30-23-21-19-17-15-13-11-8-2)71-95-99(87,88)93-67-75(82)68-94-100(89,90)96-72-77(70-92-79(84)64-58-52-48-47-50-56-62-74(6)9-3)98-81(86)66-60-54-46-42-38-34-35-39-43-49-55-61-73(4)5/h73-77,82H,7-72H2,1-6H3,(H,87,88)(H,89,90)/t74?,75-,76-,77-/m1/s1. The van der Waals surface area contributed by atoms with Gasteiger partial charge in [-0.1, -0.05) is 375 Å². The minimum atomic E-state index is -4.96. The summed E-state index contributed by atoms with van der Waals surface area (Å²) < 4.78 is 68.7. The van der Waals surface area contributed by atoms with Gasteiger partial charge in [0.1, 0.15) is 19.3 Å². The van der Waals surface area contributed by atoms with E-state index >= 15 is 0 Å². The van der Waals surface area contributed by atoms with Gasteiger partial charge in [-0.15, -0.1) is 0 Å². The lowest BCUT2D eigenvalue weighted by molar-refractivity contribution is -0.161. The fourth-order valence-corrected chi connectivity index (χ4v) is 14.1. The number of carbonyl (C=O) groups is 4. The number of hydrogen-bond donors (Lipinski definition) is 3. The molecule has 0 aliphatic rings. The zero-order valence-electron chi connectivity index (χ0n) is 65.5. The van der Waals surface area contributed by atoms with E-state index in [-0.39, 0.29) is 25.7 Å². The molecule has 0 amide bonds. The van der Waals surface area contributed by atoms with E-state index in [1.165, 1.54) is 238 Å². The van der Waals surface area contributed by atoms with Gasteiger partial charge in [0.25, 0.3) is 0 Å². The van der Waals surface area contributed by atoms with Crippen LogP contribution in [0.5, 0.6) is 0 Å². The van der Waals surface area contributed by atoms with E-state index in [0.29, 0.717) is 25.7 Å². The molecule has 0 aliphatic heterocycles. The third-order valence-electron chi connectivity index (χ3n) is 19.3. The molecule has 0 radical (unpaired) electrons. The van der Waals surface area contributed by atoms with Crippen LogP contribution in [0.1, 0.15) is 427 Å². The lowest BCUT2D eigenvalue weighted by Gasteiger charge is -2.21. The lowest BCUT2D eigenvalue weighted by Crippen LogP contribution is -2.30. The van der Waals surface area contributed by atoms with Crippen molar-refractivity contribution in [2.75, 3.05) is 39.6 Å². The number of hydrogen-bond acceptors (Lipinski definition) is 15. The van der Waals surface area contributed by atoms with Crippen LogP contribution in [0.25, 0.3) is 0 Å². The molecule has 100 heavy (non-hydrogen) atoms. The molecule has 0 aromatic rings. The molecule has 0 aromatic carbocycles. The Bertz CT molecular complexity index is 1930. The predicted molar refractivity (Wildman–Crippen MR) is 409 cm³/mol. The van der Waals surface area contributed by atoms with Crippen molar-refractivity contribution in [2.24, 2.45) is 11.8 Å². The van der Waals surface area contributed by atoms with Gasteiger partial charge in [-0.3, -0.25) is 37.3 Å². The maximum Gasteiger partial charge on any atom is 0.472 e. The van der Waals surface area contributed by atoms with Gasteiger partial charge in [-0.2, -0.15) is 0 Å². The van der Waals surface area contributed by atoms with E-state index < -0.39 is 97.5 Å². The Balaban J connectivity index is 5.22. The number of carbonyl (C=O) groups excluding carboxylic acids is 4. The first-order valence-corrected chi connectivity index (χ1v) is 45.0. The third-order valence-corrected chi connectivity index (χ3v) is 21.2. The van der Waals surface area contributed by atoms with Crippen molar-refractivity contribution < 1.29 is 80.2 Å². The SMILES string of the molecule is CCCCCCCCCCCCCCCCCCCCCCCC(=O)O[C@H](COC(=O)CCCCCCCCCCCCCCCCC)COP(=O)(O)OC[C@@H](O)COP(=O)(O)OC[C@@H](COC(=O)CCCCCCCCC(C)CC)OC(=O)CCCCCCCCCCCCCC(C)C. The van der Waals surface area contributed by atoms with Gasteiger partial charge in [0.2, 0.25) is 0 Å². The van der Waals surface area contributed by atoms with E-state index in [1.54, 1.807) is 0 Å². The average Bonchev–Trinajstić information content (AvgIpc) is 0.929. The maximum atomic E-state index is 13.1. The zero-order valence-corrected chi connectivity index (χ0v) is 67.3. The van der Waals surface area contributed by atoms with E-state index in [0.717, 1.165) is 108 Å². The molecule has 6 atom stereocenters. The molecule has 594 valence electrons. The number of unbranched alkanes of at least 4 members (excludes halogenated alkanes) is 49. The monoisotopic (exact) mass is 1470 g/mol. The Kier molecular flexibility index (Phi) is 71.2. The molecule has 0 aliphatic carbocycles. The minimum absolute atomic E-state index is 0.106. The summed E-state index contributed by atoms with van der Waals surface area (Å²) in [6.07, 6.45) is 62.5. The van der Waals surface area contributed by atoms with Crippen molar-refractivity contribution in [3.8, 4) is 0 Å². The van der Waals surface area contributed by atoms with Gasteiger partial charge in [0.05, 0.1) is 26.4 Å². The molecule has 0 spiro atoms. The lowest BCUT2D eigenvalue weighted by atomic mass is 10.00. The summed E-state index contributed by atoms with van der Waals surface area (Å²) in [6, 6.07) is 0. The van der Waals surface area contributed by atoms with Gasteiger partial charge in [0, 0.05) is 25.7 Å². The number of ether oxygens (including phenoxy) is 4. The van der Waals surface area contributed by atoms with E-state index in [9.17, 15) is 43.2 Å². The Labute approximate surface area is 613 Å². The summed E-state index contributed by atoms with van der Waals surface area (Å²) in [6.45, 7) is 9.59. The fraction of sp³-hybridized carbons (Fsp3) is 0.951. The Morgan fingerprint density at radius 2 is 0.510 bits per heavy atom. The Morgan fingerprint density at radius 3 is 0.760 bits per heavy atom. The van der Waals surface area contributed by atoms with Crippen LogP contribution in [-0.4, -0.2) is 96.7 Å². The van der Waals surface area contributed by atoms with Crippen molar-refractivity contribution >= 4 is 39.5 Å². The second-order valence-electron chi connectivity index (χ2n) is 29.9. The molecule has 17 nitrogen and oxygen atoms in total. The van der Waals surface area contributed by atoms with Crippen molar-refractivity contribution in [1.82, 2.24) is 0 Å². The zero-order chi connectivity index (χ0) is 73.5. The van der Waals surface area contributed by atoms with Crippen LogP contribution in [0.4, 0.5) is 0 Å².